The summed E-state index contributed by atoms with van der Waals surface area (Å²) in [4.78, 5) is 11.2. The monoisotopic (exact) mass is 341 g/mol. The van der Waals surface area contributed by atoms with Crippen LogP contribution in [0.15, 0.2) is 10.7 Å². The number of anilines is 2. The summed E-state index contributed by atoms with van der Waals surface area (Å²) in [7, 11) is 2.19. The first-order valence-corrected chi connectivity index (χ1v) is 8.12. The van der Waals surface area contributed by atoms with E-state index < -0.39 is 0 Å². The summed E-state index contributed by atoms with van der Waals surface area (Å²) in [5, 5.41) is 6.78. The first-order valence-electron chi connectivity index (χ1n) is 7.33. The normalized spacial score (nSPS) is 23.6. The maximum atomic E-state index is 4.55. The van der Waals surface area contributed by atoms with Crippen molar-refractivity contribution in [3.05, 3.63) is 10.7 Å². The molecule has 0 radical (unpaired) electrons. The maximum absolute atomic E-state index is 4.55. The second-order valence-corrected chi connectivity index (χ2v) is 6.37. The molecule has 0 aliphatic carbocycles. The molecule has 1 aliphatic heterocycles. The molecule has 0 bridgehead atoms. The number of nitrogens with one attached hydrogen (secondary N) is 2. The van der Waals surface area contributed by atoms with Gasteiger partial charge in [0.1, 0.15) is 5.82 Å². The molecular formula is C14H24BrN5. The highest BCUT2D eigenvalue weighted by molar-refractivity contribution is 9.10. The molecule has 5 nitrogen and oxygen atoms in total. The molecule has 1 aromatic rings. The SMILES string of the molecule is CCCNc1ncc(Br)c(NC2CCN(C)C(C)C2)n1. The summed E-state index contributed by atoms with van der Waals surface area (Å²) in [6, 6.07) is 1.09. The molecule has 1 saturated heterocycles. The maximum Gasteiger partial charge on any atom is 0.224 e. The predicted molar refractivity (Wildman–Crippen MR) is 87.2 cm³/mol. The Bertz CT molecular complexity index is 440. The fourth-order valence-electron chi connectivity index (χ4n) is 2.40. The van der Waals surface area contributed by atoms with Gasteiger partial charge in [-0.15, -0.1) is 0 Å². The molecule has 2 rings (SSSR count). The van der Waals surface area contributed by atoms with Gasteiger partial charge in [-0.1, -0.05) is 6.92 Å². The number of likely N-dealkylation sites (tertiary alicyclic amines) is 1. The van der Waals surface area contributed by atoms with Crippen molar-refractivity contribution in [1.82, 2.24) is 14.9 Å². The van der Waals surface area contributed by atoms with Crippen molar-refractivity contribution >= 4 is 27.7 Å². The van der Waals surface area contributed by atoms with Crippen molar-refractivity contribution in [3.8, 4) is 0 Å². The van der Waals surface area contributed by atoms with Crippen molar-refractivity contribution in [1.29, 1.82) is 0 Å². The standard InChI is InChI=1S/C14H24BrN5/c1-4-6-16-14-17-9-12(15)13(19-14)18-11-5-7-20(3)10(2)8-11/h9-11H,4-8H2,1-3H3,(H2,16,17,18,19). The Hall–Kier alpha value is -0.880. The quantitative estimate of drug-likeness (QED) is 0.862. The van der Waals surface area contributed by atoms with E-state index in [1.54, 1.807) is 0 Å². The number of piperidine rings is 1. The topological polar surface area (TPSA) is 53.1 Å². The van der Waals surface area contributed by atoms with Crippen molar-refractivity contribution in [2.24, 2.45) is 0 Å². The number of halogens is 1. The van der Waals surface area contributed by atoms with Gasteiger partial charge in [-0.3, -0.25) is 0 Å². The van der Waals surface area contributed by atoms with Gasteiger partial charge in [-0.05, 0) is 49.2 Å². The second-order valence-electron chi connectivity index (χ2n) is 5.51. The summed E-state index contributed by atoms with van der Waals surface area (Å²) in [6.45, 7) is 6.43. The molecule has 2 heterocycles. The minimum atomic E-state index is 0.478. The lowest BCUT2D eigenvalue weighted by Gasteiger charge is -2.35. The second kappa shape index (κ2) is 7.22. The van der Waals surface area contributed by atoms with Gasteiger partial charge in [0.2, 0.25) is 5.95 Å². The predicted octanol–water partition coefficient (Wildman–Crippen LogP) is 2.96. The largest absolute Gasteiger partial charge is 0.366 e. The lowest BCUT2D eigenvalue weighted by Crippen LogP contribution is -2.42. The molecule has 2 atom stereocenters. The zero-order valence-corrected chi connectivity index (χ0v) is 14.1. The van der Waals surface area contributed by atoms with Crippen LogP contribution in [0.5, 0.6) is 0 Å². The van der Waals surface area contributed by atoms with E-state index in [1.165, 1.54) is 0 Å². The van der Waals surface area contributed by atoms with E-state index in [-0.39, 0.29) is 0 Å². The molecule has 0 saturated carbocycles. The Kier molecular flexibility index (Phi) is 5.60. The third kappa shape index (κ3) is 4.06. The molecule has 2 unspecified atom stereocenters. The van der Waals surface area contributed by atoms with Crippen molar-refractivity contribution in [2.45, 2.75) is 45.2 Å². The van der Waals surface area contributed by atoms with Crippen molar-refractivity contribution in [3.63, 3.8) is 0 Å². The number of hydrogen-bond donors (Lipinski definition) is 2. The molecule has 0 aromatic carbocycles. The first-order chi connectivity index (χ1) is 9.60. The van der Waals surface area contributed by atoms with E-state index in [0.717, 1.165) is 42.6 Å². The Balaban J connectivity index is 2.01. The summed E-state index contributed by atoms with van der Waals surface area (Å²) in [6.07, 6.45) is 5.17. The number of rotatable bonds is 5. The van der Waals surface area contributed by atoms with Crippen LogP contribution >= 0.6 is 15.9 Å². The minimum absolute atomic E-state index is 0.478. The number of aromatic nitrogens is 2. The molecule has 20 heavy (non-hydrogen) atoms. The summed E-state index contributed by atoms with van der Waals surface area (Å²) in [5.74, 6) is 1.58. The first kappa shape index (κ1) is 15.5. The molecule has 2 N–H and O–H groups in total. The smallest absolute Gasteiger partial charge is 0.224 e. The van der Waals surface area contributed by atoms with Crippen LogP contribution < -0.4 is 10.6 Å². The van der Waals surface area contributed by atoms with E-state index in [1.807, 2.05) is 6.20 Å². The van der Waals surface area contributed by atoms with Gasteiger partial charge >= 0.3 is 0 Å². The third-order valence-electron chi connectivity index (χ3n) is 3.83. The van der Waals surface area contributed by atoms with Gasteiger partial charge in [-0.2, -0.15) is 4.98 Å². The van der Waals surface area contributed by atoms with E-state index in [2.05, 4.69) is 62.3 Å². The molecule has 112 valence electrons. The summed E-state index contributed by atoms with van der Waals surface area (Å²) in [5.41, 5.74) is 0. The van der Waals surface area contributed by atoms with E-state index in [4.69, 9.17) is 0 Å². The van der Waals surface area contributed by atoms with E-state index >= 15 is 0 Å². The van der Waals surface area contributed by atoms with Gasteiger partial charge in [0.25, 0.3) is 0 Å². The van der Waals surface area contributed by atoms with Crippen LogP contribution in [0.4, 0.5) is 11.8 Å². The lowest BCUT2D eigenvalue weighted by atomic mass is 9.99. The minimum Gasteiger partial charge on any atom is -0.366 e. The van der Waals surface area contributed by atoms with Gasteiger partial charge < -0.3 is 15.5 Å². The molecule has 1 fully saturated rings. The average molecular weight is 342 g/mol. The zero-order chi connectivity index (χ0) is 14.5. The Labute approximate surface area is 129 Å². The van der Waals surface area contributed by atoms with Crippen LogP contribution in [0.25, 0.3) is 0 Å². The molecule has 0 spiro atoms. The van der Waals surface area contributed by atoms with Crippen LogP contribution in [0.2, 0.25) is 0 Å². The van der Waals surface area contributed by atoms with Crippen LogP contribution in [-0.2, 0) is 0 Å². The molecule has 1 aliphatic rings. The molecule has 1 aromatic heterocycles. The molecular weight excluding hydrogens is 318 g/mol. The van der Waals surface area contributed by atoms with Gasteiger partial charge in [0.05, 0.1) is 4.47 Å². The fourth-order valence-corrected chi connectivity index (χ4v) is 2.71. The van der Waals surface area contributed by atoms with Crippen LogP contribution in [0.1, 0.15) is 33.1 Å². The van der Waals surface area contributed by atoms with Crippen LogP contribution in [-0.4, -0.2) is 47.1 Å². The summed E-state index contributed by atoms with van der Waals surface area (Å²) < 4.78 is 0.922. The lowest BCUT2D eigenvalue weighted by molar-refractivity contribution is 0.190. The molecule has 0 amide bonds. The van der Waals surface area contributed by atoms with Gasteiger partial charge in [0.15, 0.2) is 0 Å². The van der Waals surface area contributed by atoms with Gasteiger partial charge in [0, 0.05) is 31.4 Å². The van der Waals surface area contributed by atoms with Crippen molar-refractivity contribution < 1.29 is 0 Å². The third-order valence-corrected chi connectivity index (χ3v) is 4.41. The highest BCUT2D eigenvalue weighted by Crippen LogP contribution is 2.24. The Morgan fingerprint density at radius 3 is 3.00 bits per heavy atom. The average Bonchev–Trinajstić information content (AvgIpc) is 2.44. The van der Waals surface area contributed by atoms with Gasteiger partial charge in [-0.25, -0.2) is 4.98 Å². The Morgan fingerprint density at radius 2 is 2.30 bits per heavy atom. The van der Waals surface area contributed by atoms with Crippen molar-refractivity contribution in [2.75, 3.05) is 30.8 Å². The Morgan fingerprint density at radius 1 is 1.50 bits per heavy atom. The number of nitrogens with zero attached hydrogens (tertiary/aromatic N) is 3. The van der Waals surface area contributed by atoms with Crippen LogP contribution in [0, 0.1) is 0 Å². The van der Waals surface area contributed by atoms with E-state index in [0.29, 0.717) is 18.0 Å². The van der Waals surface area contributed by atoms with Crippen LogP contribution in [0.3, 0.4) is 0 Å². The summed E-state index contributed by atoms with van der Waals surface area (Å²) >= 11 is 3.53. The zero-order valence-electron chi connectivity index (χ0n) is 12.5. The molecule has 6 heteroatoms. The number of hydrogen-bond acceptors (Lipinski definition) is 5. The highest BCUT2D eigenvalue weighted by atomic mass is 79.9. The fraction of sp³-hybridized carbons (Fsp3) is 0.714. The highest BCUT2D eigenvalue weighted by Gasteiger charge is 2.23. The van der Waals surface area contributed by atoms with E-state index in [9.17, 15) is 0 Å².